The van der Waals surface area contributed by atoms with Gasteiger partial charge in [-0.25, -0.2) is 4.98 Å². The van der Waals surface area contributed by atoms with E-state index in [1.165, 1.54) is 5.56 Å². The summed E-state index contributed by atoms with van der Waals surface area (Å²) in [5, 5.41) is 3.28. The molecule has 106 valence electrons. The summed E-state index contributed by atoms with van der Waals surface area (Å²) in [6.45, 7) is 9.85. The Morgan fingerprint density at radius 2 is 2.25 bits per heavy atom. The number of aryl methyl sites for hydroxylation is 2. The van der Waals surface area contributed by atoms with Crippen LogP contribution in [0.25, 0.3) is 0 Å². The molecule has 1 aromatic carbocycles. The molecule has 0 saturated carbocycles. The van der Waals surface area contributed by atoms with Gasteiger partial charge < -0.3 is 14.6 Å². The molecule has 20 heavy (non-hydrogen) atoms. The first-order valence-electron chi connectivity index (χ1n) is 6.77. The molecule has 0 amide bonds. The number of benzene rings is 1. The van der Waals surface area contributed by atoms with E-state index in [1.807, 2.05) is 42.0 Å². The fourth-order valence-electron chi connectivity index (χ4n) is 2.00. The molecular weight excluding hydrogens is 250 g/mol. The number of aromatic nitrogens is 2. The Hall–Kier alpha value is -2.23. The second-order valence-electron chi connectivity index (χ2n) is 4.74. The molecule has 0 aliphatic heterocycles. The first kappa shape index (κ1) is 14.2. The second-order valence-corrected chi connectivity index (χ2v) is 4.74. The third kappa shape index (κ3) is 3.88. The smallest absolute Gasteiger partial charge is 0.203 e. The van der Waals surface area contributed by atoms with E-state index in [4.69, 9.17) is 4.74 Å². The fraction of sp³-hybridized carbons (Fsp3) is 0.312. The average Bonchev–Trinajstić information content (AvgIpc) is 2.76. The molecule has 0 saturated heterocycles. The maximum Gasteiger partial charge on any atom is 0.203 e. The van der Waals surface area contributed by atoms with Gasteiger partial charge in [-0.05, 0) is 31.5 Å². The molecule has 0 radical (unpaired) electrons. The van der Waals surface area contributed by atoms with Crippen molar-refractivity contribution < 1.29 is 4.74 Å². The van der Waals surface area contributed by atoms with Crippen molar-refractivity contribution in [2.45, 2.75) is 20.4 Å². The SMILES string of the molecule is C=CCn1cc(C)nc1NCCOc1cccc(C)c1. The van der Waals surface area contributed by atoms with Gasteiger partial charge in [-0.15, -0.1) is 6.58 Å². The van der Waals surface area contributed by atoms with Crippen LogP contribution in [-0.4, -0.2) is 22.7 Å². The van der Waals surface area contributed by atoms with Gasteiger partial charge >= 0.3 is 0 Å². The summed E-state index contributed by atoms with van der Waals surface area (Å²) < 4.78 is 7.73. The highest BCUT2D eigenvalue weighted by atomic mass is 16.5. The minimum atomic E-state index is 0.601. The van der Waals surface area contributed by atoms with Crippen molar-refractivity contribution in [1.29, 1.82) is 0 Å². The molecule has 0 aliphatic rings. The molecule has 0 bridgehead atoms. The van der Waals surface area contributed by atoms with Gasteiger partial charge in [0.1, 0.15) is 12.4 Å². The maximum absolute atomic E-state index is 5.70. The zero-order chi connectivity index (χ0) is 14.4. The largest absolute Gasteiger partial charge is 0.492 e. The number of hydrogen-bond donors (Lipinski definition) is 1. The van der Waals surface area contributed by atoms with Gasteiger partial charge in [0.25, 0.3) is 0 Å². The molecule has 4 heteroatoms. The van der Waals surface area contributed by atoms with Crippen molar-refractivity contribution in [3.63, 3.8) is 0 Å². The number of nitrogens with zero attached hydrogens (tertiary/aromatic N) is 2. The highest BCUT2D eigenvalue weighted by molar-refractivity contribution is 5.30. The predicted octanol–water partition coefficient (Wildman–Crippen LogP) is 3.18. The van der Waals surface area contributed by atoms with Crippen LogP contribution in [0.3, 0.4) is 0 Å². The van der Waals surface area contributed by atoms with Crippen LogP contribution in [0.4, 0.5) is 5.95 Å². The Morgan fingerprint density at radius 1 is 1.40 bits per heavy atom. The van der Waals surface area contributed by atoms with Crippen LogP contribution in [0.1, 0.15) is 11.3 Å². The third-order valence-corrected chi connectivity index (χ3v) is 2.87. The molecule has 1 N–H and O–H groups in total. The van der Waals surface area contributed by atoms with Crippen LogP contribution in [0, 0.1) is 13.8 Å². The number of anilines is 1. The van der Waals surface area contributed by atoms with Gasteiger partial charge in [-0.3, -0.25) is 0 Å². The summed E-state index contributed by atoms with van der Waals surface area (Å²) >= 11 is 0. The minimum absolute atomic E-state index is 0.601. The van der Waals surface area contributed by atoms with E-state index in [-0.39, 0.29) is 0 Å². The van der Waals surface area contributed by atoms with Gasteiger partial charge in [0.15, 0.2) is 0 Å². The number of allylic oxidation sites excluding steroid dienone is 1. The molecule has 0 spiro atoms. The van der Waals surface area contributed by atoms with E-state index >= 15 is 0 Å². The Morgan fingerprint density at radius 3 is 3.00 bits per heavy atom. The number of hydrogen-bond acceptors (Lipinski definition) is 3. The standard InChI is InChI=1S/C16H21N3O/c1-4-9-19-12-14(3)18-16(19)17-8-10-20-15-7-5-6-13(2)11-15/h4-7,11-12H,1,8-10H2,2-3H3,(H,17,18). The first-order valence-corrected chi connectivity index (χ1v) is 6.77. The Bertz CT molecular complexity index is 575. The van der Waals surface area contributed by atoms with Gasteiger partial charge in [-0.2, -0.15) is 0 Å². The zero-order valence-electron chi connectivity index (χ0n) is 12.1. The summed E-state index contributed by atoms with van der Waals surface area (Å²) in [4.78, 5) is 4.44. The van der Waals surface area contributed by atoms with E-state index in [0.717, 1.165) is 23.9 Å². The molecule has 0 atom stereocenters. The Balaban J connectivity index is 1.82. The van der Waals surface area contributed by atoms with E-state index in [9.17, 15) is 0 Å². The van der Waals surface area contributed by atoms with Crippen molar-refractivity contribution in [2.24, 2.45) is 0 Å². The molecule has 4 nitrogen and oxygen atoms in total. The van der Waals surface area contributed by atoms with Crippen LogP contribution < -0.4 is 10.1 Å². The number of rotatable bonds is 7. The Kier molecular flexibility index (Phi) is 4.82. The molecule has 1 heterocycles. The zero-order valence-corrected chi connectivity index (χ0v) is 12.1. The fourth-order valence-corrected chi connectivity index (χ4v) is 2.00. The van der Waals surface area contributed by atoms with Gasteiger partial charge in [0, 0.05) is 12.7 Å². The number of imidazole rings is 1. The molecule has 2 aromatic rings. The van der Waals surface area contributed by atoms with Crippen LogP contribution in [0.5, 0.6) is 5.75 Å². The third-order valence-electron chi connectivity index (χ3n) is 2.87. The topological polar surface area (TPSA) is 39.1 Å². The van der Waals surface area contributed by atoms with Crippen LogP contribution >= 0.6 is 0 Å². The normalized spacial score (nSPS) is 10.3. The summed E-state index contributed by atoms with van der Waals surface area (Å²) in [7, 11) is 0. The summed E-state index contributed by atoms with van der Waals surface area (Å²) in [6, 6.07) is 8.05. The van der Waals surface area contributed by atoms with Crippen LogP contribution in [-0.2, 0) is 6.54 Å². The van der Waals surface area contributed by atoms with Gasteiger partial charge in [-0.1, -0.05) is 18.2 Å². The lowest BCUT2D eigenvalue weighted by Gasteiger charge is -2.09. The Labute approximate surface area is 120 Å². The quantitative estimate of drug-likeness (QED) is 0.621. The molecule has 0 unspecified atom stereocenters. The van der Waals surface area contributed by atoms with Crippen molar-refractivity contribution in [3.8, 4) is 5.75 Å². The first-order chi connectivity index (χ1) is 9.69. The average molecular weight is 271 g/mol. The lowest BCUT2D eigenvalue weighted by molar-refractivity contribution is 0.332. The summed E-state index contributed by atoms with van der Waals surface area (Å²) in [5.74, 6) is 1.76. The summed E-state index contributed by atoms with van der Waals surface area (Å²) in [5.41, 5.74) is 2.20. The molecule has 1 aromatic heterocycles. The lowest BCUT2D eigenvalue weighted by Crippen LogP contribution is -2.14. The van der Waals surface area contributed by atoms with Gasteiger partial charge in [0.2, 0.25) is 5.95 Å². The monoisotopic (exact) mass is 271 g/mol. The summed E-state index contributed by atoms with van der Waals surface area (Å²) in [6.07, 6.45) is 3.86. The van der Waals surface area contributed by atoms with Crippen molar-refractivity contribution in [3.05, 3.63) is 54.4 Å². The van der Waals surface area contributed by atoms with Crippen LogP contribution in [0.15, 0.2) is 43.1 Å². The highest BCUT2D eigenvalue weighted by Gasteiger charge is 2.03. The van der Waals surface area contributed by atoms with E-state index in [2.05, 4.69) is 29.9 Å². The predicted molar refractivity (Wildman–Crippen MR) is 82.3 cm³/mol. The highest BCUT2D eigenvalue weighted by Crippen LogP contribution is 2.12. The molecule has 0 aliphatic carbocycles. The second kappa shape index (κ2) is 6.80. The van der Waals surface area contributed by atoms with Crippen molar-refractivity contribution in [1.82, 2.24) is 9.55 Å². The molecule has 2 rings (SSSR count). The maximum atomic E-state index is 5.70. The van der Waals surface area contributed by atoms with Crippen LogP contribution in [0.2, 0.25) is 0 Å². The molecular formula is C16H21N3O. The van der Waals surface area contributed by atoms with E-state index in [0.29, 0.717) is 13.2 Å². The number of ether oxygens (including phenoxy) is 1. The van der Waals surface area contributed by atoms with E-state index in [1.54, 1.807) is 0 Å². The van der Waals surface area contributed by atoms with Crippen molar-refractivity contribution >= 4 is 5.95 Å². The van der Waals surface area contributed by atoms with Gasteiger partial charge in [0.05, 0.1) is 12.2 Å². The van der Waals surface area contributed by atoms with Crippen molar-refractivity contribution in [2.75, 3.05) is 18.5 Å². The van der Waals surface area contributed by atoms with E-state index < -0.39 is 0 Å². The number of nitrogens with one attached hydrogen (secondary N) is 1. The molecule has 0 fully saturated rings. The lowest BCUT2D eigenvalue weighted by atomic mass is 10.2. The minimum Gasteiger partial charge on any atom is -0.492 e.